The molecule has 0 saturated carbocycles. The summed E-state index contributed by atoms with van der Waals surface area (Å²) in [5.74, 6) is 0.809. The van der Waals surface area contributed by atoms with Gasteiger partial charge in [-0.25, -0.2) is 0 Å². The van der Waals surface area contributed by atoms with Gasteiger partial charge in [-0.1, -0.05) is 0 Å². The zero-order valence-electron chi connectivity index (χ0n) is 12.0. The average Bonchev–Trinajstić information content (AvgIpc) is 2.32. The third-order valence-corrected chi connectivity index (χ3v) is 4.27. The van der Waals surface area contributed by atoms with E-state index in [-0.39, 0.29) is 11.6 Å². The topological polar surface area (TPSA) is 30.5 Å². The summed E-state index contributed by atoms with van der Waals surface area (Å²) >= 11 is 7.02. The maximum atomic E-state index is 5.46. The number of rotatable bonds is 6. The Balaban J connectivity index is 2.82. The minimum absolute atomic E-state index is 0.141. The molecule has 19 heavy (non-hydrogen) atoms. The van der Waals surface area contributed by atoms with E-state index >= 15 is 0 Å². The molecule has 0 amide bonds. The molecule has 5 heteroatoms. The minimum Gasteiger partial charge on any atom is -0.495 e. The molecule has 1 aromatic carbocycles. The van der Waals surface area contributed by atoms with Gasteiger partial charge in [0.25, 0.3) is 0 Å². The molecular weight excluding hydrogens is 374 g/mol. The van der Waals surface area contributed by atoms with Crippen molar-refractivity contribution in [2.45, 2.75) is 38.8 Å². The van der Waals surface area contributed by atoms with E-state index < -0.39 is 0 Å². The zero-order chi connectivity index (χ0) is 14.6. The first kappa shape index (κ1) is 16.8. The maximum Gasteiger partial charge on any atom is 0.135 e. The third kappa shape index (κ3) is 4.97. The van der Waals surface area contributed by atoms with E-state index in [0.29, 0.717) is 0 Å². The Morgan fingerprint density at radius 3 is 2.37 bits per heavy atom. The van der Waals surface area contributed by atoms with Crippen LogP contribution in [0.5, 0.6) is 5.75 Å². The van der Waals surface area contributed by atoms with Crippen LogP contribution < -0.4 is 10.1 Å². The van der Waals surface area contributed by atoms with Crippen LogP contribution in [-0.2, 0) is 4.74 Å². The number of ether oxygens (including phenoxy) is 2. The standard InChI is InChI=1S/C14H21Br2NO2/c1-9(8-14(2,3)19-5)17-12-7-13(18-4)11(16)6-10(12)15/h6-7,9,17H,8H2,1-5H3. The lowest BCUT2D eigenvalue weighted by Crippen LogP contribution is -2.31. The van der Waals surface area contributed by atoms with Crippen molar-refractivity contribution in [1.82, 2.24) is 0 Å². The highest BCUT2D eigenvalue weighted by Crippen LogP contribution is 2.35. The summed E-state index contributed by atoms with van der Waals surface area (Å²) in [4.78, 5) is 0. The Labute approximate surface area is 132 Å². The molecular formula is C14H21Br2NO2. The van der Waals surface area contributed by atoms with Crippen molar-refractivity contribution in [2.75, 3.05) is 19.5 Å². The largest absolute Gasteiger partial charge is 0.495 e. The van der Waals surface area contributed by atoms with Crippen molar-refractivity contribution in [3.63, 3.8) is 0 Å². The summed E-state index contributed by atoms with van der Waals surface area (Å²) in [6, 6.07) is 4.25. The van der Waals surface area contributed by atoms with Crippen molar-refractivity contribution in [2.24, 2.45) is 0 Å². The molecule has 1 atom stereocenters. The summed E-state index contributed by atoms with van der Waals surface area (Å²) in [7, 11) is 3.40. The fourth-order valence-corrected chi connectivity index (χ4v) is 3.20. The Morgan fingerprint density at radius 2 is 1.84 bits per heavy atom. The lowest BCUT2D eigenvalue weighted by atomic mass is 10.00. The molecule has 0 aliphatic rings. The van der Waals surface area contributed by atoms with E-state index in [4.69, 9.17) is 9.47 Å². The normalized spacial score (nSPS) is 13.2. The molecule has 1 N–H and O–H groups in total. The van der Waals surface area contributed by atoms with Gasteiger partial charge in [0.2, 0.25) is 0 Å². The number of methoxy groups -OCH3 is 2. The van der Waals surface area contributed by atoms with Crippen LogP contribution in [0.15, 0.2) is 21.1 Å². The van der Waals surface area contributed by atoms with Crippen molar-refractivity contribution < 1.29 is 9.47 Å². The molecule has 0 heterocycles. The molecule has 0 spiro atoms. The summed E-state index contributed by atoms with van der Waals surface area (Å²) in [5, 5.41) is 3.47. The minimum atomic E-state index is -0.141. The van der Waals surface area contributed by atoms with Gasteiger partial charge >= 0.3 is 0 Å². The van der Waals surface area contributed by atoms with Gasteiger partial charge in [-0.3, -0.25) is 0 Å². The number of nitrogens with one attached hydrogen (secondary N) is 1. The predicted octanol–water partition coefficient (Wildman–Crippen LogP) is 4.84. The van der Waals surface area contributed by atoms with Gasteiger partial charge in [0.15, 0.2) is 0 Å². The van der Waals surface area contributed by atoms with Crippen LogP contribution in [0.3, 0.4) is 0 Å². The number of benzene rings is 1. The van der Waals surface area contributed by atoms with Gasteiger partial charge in [0.1, 0.15) is 5.75 Å². The zero-order valence-corrected chi connectivity index (χ0v) is 15.2. The molecule has 0 bridgehead atoms. The van der Waals surface area contributed by atoms with Crippen molar-refractivity contribution in [3.8, 4) is 5.75 Å². The van der Waals surface area contributed by atoms with Gasteiger partial charge in [0.05, 0.1) is 22.9 Å². The first-order valence-electron chi connectivity index (χ1n) is 6.14. The monoisotopic (exact) mass is 393 g/mol. The quantitative estimate of drug-likeness (QED) is 0.748. The summed E-state index contributed by atoms with van der Waals surface area (Å²) in [6.45, 7) is 6.31. The first-order chi connectivity index (χ1) is 8.79. The second kappa shape index (κ2) is 6.95. The van der Waals surface area contributed by atoms with E-state index in [2.05, 4.69) is 57.9 Å². The molecule has 0 aliphatic heterocycles. The van der Waals surface area contributed by atoms with Crippen LogP contribution in [0.25, 0.3) is 0 Å². The molecule has 0 fully saturated rings. The predicted molar refractivity (Wildman–Crippen MR) is 87.2 cm³/mol. The van der Waals surface area contributed by atoms with Gasteiger partial charge in [-0.15, -0.1) is 0 Å². The van der Waals surface area contributed by atoms with Gasteiger partial charge in [0, 0.05) is 23.7 Å². The van der Waals surface area contributed by atoms with Crippen LogP contribution in [0.4, 0.5) is 5.69 Å². The Bertz CT molecular complexity index is 436. The lowest BCUT2D eigenvalue weighted by molar-refractivity contribution is 0.0128. The highest BCUT2D eigenvalue weighted by molar-refractivity contribution is 9.11. The second-order valence-corrected chi connectivity index (χ2v) is 6.89. The van der Waals surface area contributed by atoms with E-state index in [1.54, 1.807) is 14.2 Å². The van der Waals surface area contributed by atoms with Crippen molar-refractivity contribution in [1.29, 1.82) is 0 Å². The van der Waals surface area contributed by atoms with Crippen LogP contribution in [-0.4, -0.2) is 25.9 Å². The SMILES string of the molecule is COc1cc(NC(C)CC(C)(C)OC)c(Br)cc1Br. The summed E-state index contributed by atoms with van der Waals surface area (Å²) in [6.07, 6.45) is 0.911. The molecule has 1 aromatic rings. The third-order valence-electron chi connectivity index (χ3n) is 2.99. The van der Waals surface area contributed by atoms with Gasteiger partial charge < -0.3 is 14.8 Å². The smallest absolute Gasteiger partial charge is 0.135 e. The maximum absolute atomic E-state index is 5.46. The Kier molecular flexibility index (Phi) is 6.15. The molecule has 108 valence electrons. The second-order valence-electron chi connectivity index (χ2n) is 5.18. The fraction of sp³-hybridized carbons (Fsp3) is 0.571. The highest BCUT2D eigenvalue weighted by Gasteiger charge is 2.20. The van der Waals surface area contributed by atoms with Crippen LogP contribution >= 0.6 is 31.9 Å². The van der Waals surface area contributed by atoms with Crippen molar-refractivity contribution >= 4 is 37.5 Å². The number of halogens is 2. The van der Waals surface area contributed by atoms with Crippen molar-refractivity contribution in [3.05, 3.63) is 21.1 Å². The number of hydrogen-bond donors (Lipinski definition) is 1. The van der Waals surface area contributed by atoms with Crippen LogP contribution in [0.1, 0.15) is 27.2 Å². The number of hydrogen-bond acceptors (Lipinski definition) is 3. The van der Waals surface area contributed by atoms with Crippen LogP contribution in [0.2, 0.25) is 0 Å². The molecule has 0 saturated heterocycles. The average molecular weight is 395 g/mol. The van der Waals surface area contributed by atoms with Crippen LogP contribution in [0, 0.1) is 0 Å². The molecule has 0 radical (unpaired) electrons. The molecule has 3 nitrogen and oxygen atoms in total. The molecule has 1 rings (SSSR count). The summed E-state index contributed by atoms with van der Waals surface area (Å²) < 4.78 is 12.7. The van der Waals surface area contributed by atoms with E-state index in [9.17, 15) is 0 Å². The highest BCUT2D eigenvalue weighted by atomic mass is 79.9. The molecule has 1 unspecified atom stereocenters. The van der Waals surface area contributed by atoms with E-state index in [0.717, 1.165) is 26.8 Å². The lowest BCUT2D eigenvalue weighted by Gasteiger charge is -2.28. The Morgan fingerprint density at radius 1 is 1.21 bits per heavy atom. The van der Waals surface area contributed by atoms with E-state index in [1.807, 2.05) is 12.1 Å². The molecule has 0 aromatic heterocycles. The first-order valence-corrected chi connectivity index (χ1v) is 7.72. The number of anilines is 1. The molecule has 0 aliphatic carbocycles. The van der Waals surface area contributed by atoms with Gasteiger partial charge in [-0.05, 0) is 65.1 Å². The van der Waals surface area contributed by atoms with Gasteiger partial charge in [-0.2, -0.15) is 0 Å². The fourth-order valence-electron chi connectivity index (χ4n) is 1.93. The summed E-state index contributed by atoms with van der Waals surface area (Å²) in [5.41, 5.74) is 0.873. The Hall–Kier alpha value is -0.260. The van der Waals surface area contributed by atoms with E-state index in [1.165, 1.54) is 0 Å².